The minimum absolute atomic E-state index is 0.142. The summed E-state index contributed by atoms with van der Waals surface area (Å²) < 4.78 is 13.9. The Morgan fingerprint density at radius 3 is 2.80 bits per heavy atom. The largest absolute Gasteiger partial charge is 0.336 e. The number of benzene rings is 2. The number of rotatable bonds is 4. The molecule has 3 rings (SSSR count). The first-order valence-electron chi connectivity index (χ1n) is 8.76. The van der Waals surface area contributed by atoms with Crippen LogP contribution in [0.4, 0.5) is 10.1 Å². The van der Waals surface area contributed by atoms with Gasteiger partial charge in [0.2, 0.25) is 0 Å². The Bertz CT molecular complexity index is 734. The Morgan fingerprint density at radius 2 is 2.00 bits per heavy atom. The third-order valence-electron chi connectivity index (χ3n) is 4.50. The number of hydrogen-bond acceptors (Lipinski definition) is 2. The molecule has 25 heavy (non-hydrogen) atoms. The molecule has 3 nitrogen and oxygen atoms in total. The van der Waals surface area contributed by atoms with Crippen LogP contribution < -0.4 is 5.32 Å². The average molecular weight is 357 g/mol. The summed E-state index contributed by atoms with van der Waals surface area (Å²) in [5.41, 5.74) is 3.04. The molecule has 0 spiro atoms. The van der Waals surface area contributed by atoms with Crippen LogP contribution in [0.1, 0.15) is 24.5 Å². The first-order valence-corrected chi connectivity index (χ1v) is 9.17. The van der Waals surface area contributed by atoms with E-state index >= 15 is 0 Å². The molecule has 0 unspecified atom stereocenters. The quantitative estimate of drug-likeness (QED) is 0.824. The Hall–Kier alpha value is -1.98. The van der Waals surface area contributed by atoms with Crippen LogP contribution in [0, 0.1) is 5.82 Å². The van der Waals surface area contributed by atoms with E-state index in [9.17, 15) is 4.39 Å². The lowest BCUT2D eigenvalue weighted by molar-refractivity contribution is 0.132. The fraction of sp³-hybridized carbons (Fsp3) is 0.350. The molecule has 0 amide bonds. The zero-order valence-corrected chi connectivity index (χ0v) is 15.4. The fourth-order valence-electron chi connectivity index (χ4n) is 3.10. The van der Waals surface area contributed by atoms with E-state index in [0.717, 1.165) is 42.3 Å². The van der Waals surface area contributed by atoms with Crippen molar-refractivity contribution in [3.05, 3.63) is 65.5 Å². The third-order valence-corrected chi connectivity index (χ3v) is 4.86. The molecule has 5 heteroatoms. The van der Waals surface area contributed by atoms with Crippen LogP contribution in [0.15, 0.2) is 48.5 Å². The Kier molecular flexibility index (Phi) is 6.00. The van der Waals surface area contributed by atoms with Gasteiger partial charge in [-0.1, -0.05) is 37.3 Å². The average Bonchev–Trinajstić information content (AvgIpc) is 2.64. The summed E-state index contributed by atoms with van der Waals surface area (Å²) in [6.45, 7) is 5.35. The zero-order valence-electron chi connectivity index (χ0n) is 14.5. The molecule has 2 aromatic rings. The molecule has 1 N–H and O–H groups in total. The lowest BCUT2D eigenvalue weighted by Crippen LogP contribution is -2.48. The second-order valence-corrected chi connectivity index (χ2v) is 6.77. The molecule has 0 atom stereocenters. The van der Waals surface area contributed by atoms with E-state index in [0.29, 0.717) is 13.2 Å². The van der Waals surface area contributed by atoms with Gasteiger partial charge >= 0.3 is 0 Å². The number of aryl methyl sites for hydroxylation is 1. The summed E-state index contributed by atoms with van der Waals surface area (Å²) in [7, 11) is 0. The predicted octanol–water partition coefficient (Wildman–Crippen LogP) is 4.25. The standard InChI is InChI=1S/C20H24FN3S/c1-2-16-7-5-9-18(13-16)22-20(25)24-12-6-11-23(15-24)14-17-8-3-4-10-19(17)21/h3-5,7-10,13H,2,6,11-12,14-15H2,1H3,(H,22,25). The summed E-state index contributed by atoms with van der Waals surface area (Å²) in [6, 6.07) is 15.3. The van der Waals surface area contributed by atoms with Crippen molar-refractivity contribution < 1.29 is 4.39 Å². The van der Waals surface area contributed by atoms with Crippen LogP contribution in [0.2, 0.25) is 0 Å². The van der Waals surface area contributed by atoms with Crippen LogP contribution in [-0.4, -0.2) is 34.7 Å². The maximum Gasteiger partial charge on any atom is 0.174 e. The molecule has 2 aromatic carbocycles. The van der Waals surface area contributed by atoms with Gasteiger partial charge in [-0.05, 0) is 48.8 Å². The molecule has 0 aromatic heterocycles. The lowest BCUT2D eigenvalue weighted by atomic mass is 10.1. The van der Waals surface area contributed by atoms with Gasteiger partial charge in [-0.15, -0.1) is 0 Å². The summed E-state index contributed by atoms with van der Waals surface area (Å²) in [5, 5.41) is 4.07. The van der Waals surface area contributed by atoms with E-state index < -0.39 is 0 Å². The minimum Gasteiger partial charge on any atom is -0.336 e. The highest BCUT2D eigenvalue weighted by Gasteiger charge is 2.20. The second kappa shape index (κ2) is 8.41. The van der Waals surface area contributed by atoms with Crippen molar-refractivity contribution in [2.75, 3.05) is 25.1 Å². The maximum atomic E-state index is 13.9. The van der Waals surface area contributed by atoms with E-state index in [1.54, 1.807) is 6.07 Å². The molecular weight excluding hydrogens is 333 g/mol. The summed E-state index contributed by atoms with van der Waals surface area (Å²) >= 11 is 5.59. The normalized spacial score (nSPS) is 15.2. The Balaban J connectivity index is 1.60. The zero-order chi connectivity index (χ0) is 17.6. The van der Waals surface area contributed by atoms with Gasteiger partial charge in [0.25, 0.3) is 0 Å². The van der Waals surface area contributed by atoms with Crippen molar-refractivity contribution in [2.24, 2.45) is 0 Å². The highest BCUT2D eigenvalue weighted by molar-refractivity contribution is 7.80. The van der Waals surface area contributed by atoms with E-state index in [2.05, 4.69) is 34.2 Å². The molecule has 0 saturated carbocycles. The molecule has 0 radical (unpaired) electrons. The van der Waals surface area contributed by atoms with Crippen molar-refractivity contribution in [2.45, 2.75) is 26.3 Å². The van der Waals surface area contributed by atoms with Crippen LogP contribution >= 0.6 is 12.2 Å². The molecule has 0 aliphatic carbocycles. The van der Waals surface area contributed by atoms with Gasteiger partial charge in [-0.2, -0.15) is 0 Å². The number of thiocarbonyl (C=S) groups is 1. The van der Waals surface area contributed by atoms with Gasteiger partial charge in [-0.3, -0.25) is 4.90 Å². The van der Waals surface area contributed by atoms with Gasteiger partial charge < -0.3 is 10.2 Å². The highest BCUT2D eigenvalue weighted by atomic mass is 32.1. The van der Waals surface area contributed by atoms with Crippen molar-refractivity contribution in [3.8, 4) is 0 Å². The van der Waals surface area contributed by atoms with Crippen molar-refractivity contribution in [1.82, 2.24) is 9.80 Å². The number of nitrogens with zero attached hydrogens (tertiary/aromatic N) is 2. The molecule has 132 valence electrons. The molecule has 1 aliphatic rings. The molecule has 0 bridgehead atoms. The van der Waals surface area contributed by atoms with Gasteiger partial charge in [0.05, 0.1) is 6.67 Å². The second-order valence-electron chi connectivity index (χ2n) is 6.39. The molecule has 1 heterocycles. The third kappa shape index (κ3) is 4.77. The number of halogens is 1. The summed E-state index contributed by atoms with van der Waals surface area (Å²) in [5.74, 6) is -0.142. The topological polar surface area (TPSA) is 18.5 Å². The van der Waals surface area contributed by atoms with Gasteiger partial charge in [0.1, 0.15) is 5.82 Å². The van der Waals surface area contributed by atoms with Crippen molar-refractivity contribution >= 4 is 23.0 Å². The molecule has 1 saturated heterocycles. The fourth-order valence-corrected chi connectivity index (χ4v) is 3.37. The number of anilines is 1. The lowest BCUT2D eigenvalue weighted by Gasteiger charge is -2.37. The Labute approximate surface area is 154 Å². The van der Waals surface area contributed by atoms with E-state index in [-0.39, 0.29) is 5.82 Å². The monoisotopic (exact) mass is 357 g/mol. The van der Waals surface area contributed by atoms with Crippen LogP contribution in [0.3, 0.4) is 0 Å². The predicted molar refractivity (Wildman–Crippen MR) is 105 cm³/mol. The number of hydrogen-bond donors (Lipinski definition) is 1. The van der Waals surface area contributed by atoms with Crippen LogP contribution in [-0.2, 0) is 13.0 Å². The van der Waals surface area contributed by atoms with Crippen LogP contribution in [0.5, 0.6) is 0 Å². The van der Waals surface area contributed by atoms with Gasteiger partial charge in [-0.25, -0.2) is 4.39 Å². The molecule has 1 fully saturated rings. The maximum absolute atomic E-state index is 13.9. The van der Waals surface area contributed by atoms with E-state index in [4.69, 9.17) is 12.2 Å². The van der Waals surface area contributed by atoms with Crippen molar-refractivity contribution in [1.29, 1.82) is 0 Å². The first-order chi connectivity index (χ1) is 12.2. The summed E-state index contributed by atoms with van der Waals surface area (Å²) in [6.07, 6.45) is 2.02. The number of nitrogens with one attached hydrogen (secondary N) is 1. The highest BCUT2D eigenvalue weighted by Crippen LogP contribution is 2.16. The molecular formula is C20H24FN3S. The SMILES string of the molecule is CCc1cccc(NC(=S)N2CCCN(Cc3ccccc3F)C2)c1. The van der Waals surface area contributed by atoms with Gasteiger partial charge in [0, 0.05) is 30.9 Å². The summed E-state index contributed by atoms with van der Waals surface area (Å²) in [4.78, 5) is 4.39. The van der Waals surface area contributed by atoms with E-state index in [1.165, 1.54) is 11.6 Å². The minimum atomic E-state index is -0.142. The van der Waals surface area contributed by atoms with E-state index in [1.807, 2.05) is 24.3 Å². The first kappa shape index (κ1) is 17.8. The van der Waals surface area contributed by atoms with Crippen LogP contribution in [0.25, 0.3) is 0 Å². The van der Waals surface area contributed by atoms with Gasteiger partial charge in [0.15, 0.2) is 5.11 Å². The van der Waals surface area contributed by atoms with Crippen molar-refractivity contribution in [3.63, 3.8) is 0 Å². The molecule has 1 aliphatic heterocycles. The smallest absolute Gasteiger partial charge is 0.174 e. The Morgan fingerprint density at radius 1 is 1.16 bits per heavy atom.